The first-order valence-electron chi connectivity index (χ1n) is 4.32. The van der Waals surface area contributed by atoms with Crippen LogP contribution in [0.5, 0.6) is 0 Å². The van der Waals surface area contributed by atoms with Crippen LogP contribution in [0.25, 0.3) is 6.08 Å². The molecule has 0 saturated heterocycles. The third-order valence-electron chi connectivity index (χ3n) is 1.76. The lowest BCUT2D eigenvalue weighted by atomic mass is 10.1. The fraction of sp³-hybridized carbons (Fsp3) is 0.182. The van der Waals surface area contributed by atoms with Crippen molar-refractivity contribution < 1.29 is 4.79 Å². The maximum atomic E-state index is 10.4. The first-order valence-corrected chi connectivity index (χ1v) is 4.85. The second-order valence-corrected chi connectivity index (χ2v) is 3.22. The molecule has 1 aromatic carbocycles. The number of rotatable bonds is 4. The Morgan fingerprint density at radius 3 is 2.50 bits per heavy atom. The molecule has 0 unspecified atom stereocenters. The predicted octanol–water partition coefficient (Wildman–Crippen LogP) is 2.31. The lowest BCUT2D eigenvalue weighted by Gasteiger charge is -1.95. The van der Waals surface area contributed by atoms with Gasteiger partial charge in [-0.1, -0.05) is 36.4 Å². The van der Waals surface area contributed by atoms with Gasteiger partial charge in [0.15, 0.2) is 0 Å². The smallest absolute Gasteiger partial charge is 0.221 e. The summed E-state index contributed by atoms with van der Waals surface area (Å²) < 4.78 is 0. The van der Waals surface area contributed by atoms with E-state index in [4.69, 9.17) is 17.3 Å². The van der Waals surface area contributed by atoms with Crippen molar-refractivity contribution in [2.75, 3.05) is 0 Å². The average molecular weight is 210 g/mol. The molecule has 0 aromatic heterocycles. The topological polar surface area (TPSA) is 43.1 Å². The Kier molecular flexibility index (Phi) is 4.20. The summed E-state index contributed by atoms with van der Waals surface area (Å²) in [6.07, 6.45) is 3.89. The SMILES string of the molecule is NC(=O)CC=Cc1ccc(CCl)cc1. The van der Waals surface area contributed by atoms with Gasteiger partial charge in [-0.15, -0.1) is 11.6 Å². The summed E-state index contributed by atoms with van der Waals surface area (Å²) in [4.78, 5) is 10.4. The number of carbonyl (C=O) groups excluding carboxylic acids is 1. The van der Waals surface area contributed by atoms with Crippen molar-refractivity contribution in [1.29, 1.82) is 0 Å². The predicted molar refractivity (Wildman–Crippen MR) is 58.8 cm³/mol. The fourth-order valence-electron chi connectivity index (χ4n) is 1.03. The van der Waals surface area contributed by atoms with Crippen LogP contribution in [-0.2, 0) is 10.7 Å². The molecule has 0 atom stereocenters. The third-order valence-corrected chi connectivity index (χ3v) is 2.07. The van der Waals surface area contributed by atoms with Crippen LogP contribution in [-0.4, -0.2) is 5.91 Å². The Bertz CT molecular complexity index is 330. The van der Waals surface area contributed by atoms with E-state index in [2.05, 4.69) is 0 Å². The Morgan fingerprint density at radius 2 is 2.00 bits per heavy atom. The summed E-state index contributed by atoms with van der Waals surface area (Å²) in [6, 6.07) is 7.82. The Balaban J connectivity index is 2.59. The number of halogens is 1. The highest BCUT2D eigenvalue weighted by atomic mass is 35.5. The Hall–Kier alpha value is -1.28. The van der Waals surface area contributed by atoms with Crippen LogP contribution >= 0.6 is 11.6 Å². The molecular weight excluding hydrogens is 198 g/mol. The standard InChI is InChI=1S/C11H12ClNO/c12-8-10-6-4-9(5-7-10)2-1-3-11(13)14/h1-2,4-7H,3,8H2,(H2,13,14). The van der Waals surface area contributed by atoms with E-state index >= 15 is 0 Å². The second-order valence-electron chi connectivity index (χ2n) is 2.95. The molecule has 0 aliphatic rings. The summed E-state index contributed by atoms with van der Waals surface area (Å²) in [5, 5.41) is 0. The van der Waals surface area contributed by atoms with E-state index < -0.39 is 0 Å². The molecule has 0 saturated carbocycles. The number of carbonyl (C=O) groups is 1. The van der Waals surface area contributed by atoms with Crippen molar-refractivity contribution in [3.8, 4) is 0 Å². The number of amides is 1. The number of nitrogens with two attached hydrogens (primary N) is 1. The number of alkyl halides is 1. The van der Waals surface area contributed by atoms with Gasteiger partial charge in [-0.25, -0.2) is 0 Å². The fourth-order valence-corrected chi connectivity index (χ4v) is 1.21. The van der Waals surface area contributed by atoms with E-state index in [1.165, 1.54) is 0 Å². The third kappa shape index (κ3) is 3.62. The van der Waals surface area contributed by atoms with Crippen molar-refractivity contribution in [3.05, 3.63) is 41.5 Å². The molecule has 3 heteroatoms. The van der Waals surface area contributed by atoms with Crippen LogP contribution in [0, 0.1) is 0 Å². The second kappa shape index (κ2) is 5.45. The van der Waals surface area contributed by atoms with Crippen molar-refractivity contribution in [2.24, 2.45) is 5.73 Å². The molecule has 2 nitrogen and oxygen atoms in total. The molecule has 0 bridgehead atoms. The van der Waals surface area contributed by atoms with Gasteiger partial charge < -0.3 is 5.73 Å². The quantitative estimate of drug-likeness (QED) is 0.760. The van der Waals surface area contributed by atoms with Gasteiger partial charge in [0.1, 0.15) is 0 Å². The highest BCUT2D eigenvalue weighted by molar-refractivity contribution is 6.17. The molecule has 2 N–H and O–H groups in total. The summed E-state index contributed by atoms with van der Waals surface area (Å²) in [7, 11) is 0. The lowest BCUT2D eigenvalue weighted by Crippen LogP contribution is -2.07. The minimum atomic E-state index is -0.321. The van der Waals surface area contributed by atoms with Crippen LogP contribution < -0.4 is 5.73 Å². The largest absolute Gasteiger partial charge is 0.369 e. The molecule has 1 rings (SSSR count). The van der Waals surface area contributed by atoms with Crippen LogP contribution in [0.15, 0.2) is 30.3 Å². The van der Waals surface area contributed by atoms with Gasteiger partial charge in [-0.2, -0.15) is 0 Å². The van der Waals surface area contributed by atoms with Gasteiger partial charge >= 0.3 is 0 Å². The van der Waals surface area contributed by atoms with Crippen molar-refractivity contribution in [3.63, 3.8) is 0 Å². The lowest BCUT2D eigenvalue weighted by molar-refractivity contribution is -0.117. The molecule has 0 spiro atoms. The number of hydrogen-bond acceptors (Lipinski definition) is 1. The maximum Gasteiger partial charge on any atom is 0.221 e. The van der Waals surface area contributed by atoms with Gasteiger partial charge in [-0.05, 0) is 11.1 Å². The van der Waals surface area contributed by atoms with E-state index in [9.17, 15) is 4.79 Å². The molecule has 14 heavy (non-hydrogen) atoms. The molecule has 0 fully saturated rings. The maximum absolute atomic E-state index is 10.4. The first-order chi connectivity index (χ1) is 6.72. The van der Waals surface area contributed by atoms with E-state index in [-0.39, 0.29) is 12.3 Å². The molecular formula is C11H12ClNO. The minimum Gasteiger partial charge on any atom is -0.369 e. The number of primary amides is 1. The Labute approximate surface area is 88.4 Å². The van der Waals surface area contributed by atoms with Gasteiger partial charge in [0, 0.05) is 12.3 Å². The summed E-state index contributed by atoms with van der Waals surface area (Å²) in [6.45, 7) is 0. The van der Waals surface area contributed by atoms with Crippen LogP contribution in [0.3, 0.4) is 0 Å². The van der Waals surface area contributed by atoms with Crippen molar-refractivity contribution in [2.45, 2.75) is 12.3 Å². The molecule has 74 valence electrons. The van der Waals surface area contributed by atoms with E-state index in [0.717, 1.165) is 11.1 Å². The molecule has 1 amide bonds. The Morgan fingerprint density at radius 1 is 1.36 bits per heavy atom. The number of benzene rings is 1. The molecule has 0 radical (unpaired) electrons. The van der Waals surface area contributed by atoms with E-state index in [1.54, 1.807) is 6.08 Å². The van der Waals surface area contributed by atoms with E-state index in [0.29, 0.717) is 5.88 Å². The van der Waals surface area contributed by atoms with Gasteiger partial charge in [0.05, 0.1) is 0 Å². The molecule has 0 heterocycles. The number of hydrogen-bond donors (Lipinski definition) is 1. The highest BCUT2D eigenvalue weighted by Crippen LogP contribution is 2.08. The monoisotopic (exact) mass is 209 g/mol. The molecule has 1 aromatic rings. The van der Waals surface area contributed by atoms with Gasteiger partial charge in [0.2, 0.25) is 5.91 Å². The summed E-state index contributed by atoms with van der Waals surface area (Å²) in [5.74, 6) is 0.198. The zero-order valence-electron chi connectivity index (χ0n) is 7.74. The zero-order chi connectivity index (χ0) is 10.4. The zero-order valence-corrected chi connectivity index (χ0v) is 8.50. The van der Waals surface area contributed by atoms with Crippen LogP contribution in [0.4, 0.5) is 0 Å². The first kappa shape index (κ1) is 10.8. The highest BCUT2D eigenvalue weighted by Gasteiger charge is 1.90. The van der Waals surface area contributed by atoms with Crippen molar-refractivity contribution >= 4 is 23.6 Å². The van der Waals surface area contributed by atoms with Gasteiger partial charge in [0.25, 0.3) is 0 Å². The van der Waals surface area contributed by atoms with Crippen molar-refractivity contribution in [1.82, 2.24) is 0 Å². The van der Waals surface area contributed by atoms with Crippen LogP contribution in [0.2, 0.25) is 0 Å². The summed E-state index contributed by atoms with van der Waals surface area (Å²) >= 11 is 5.65. The average Bonchev–Trinajstić information content (AvgIpc) is 2.18. The summed E-state index contributed by atoms with van der Waals surface area (Å²) in [5.41, 5.74) is 7.12. The molecule has 0 aliphatic heterocycles. The van der Waals surface area contributed by atoms with E-state index in [1.807, 2.05) is 30.3 Å². The van der Waals surface area contributed by atoms with Gasteiger partial charge in [-0.3, -0.25) is 4.79 Å². The normalized spacial score (nSPS) is 10.6. The minimum absolute atomic E-state index is 0.275. The van der Waals surface area contributed by atoms with Crippen LogP contribution in [0.1, 0.15) is 17.5 Å². The molecule has 0 aliphatic carbocycles.